The second kappa shape index (κ2) is 5.04. The van der Waals surface area contributed by atoms with Crippen LogP contribution < -0.4 is 0 Å². The first-order valence-corrected chi connectivity index (χ1v) is 7.88. The molecule has 1 unspecified atom stereocenters. The van der Waals surface area contributed by atoms with E-state index in [0.29, 0.717) is 16.0 Å². The van der Waals surface area contributed by atoms with Crippen LogP contribution in [0, 0.1) is 0 Å². The third-order valence-electron chi connectivity index (χ3n) is 4.26. The second-order valence-electron chi connectivity index (χ2n) is 5.56. The van der Waals surface area contributed by atoms with E-state index < -0.39 is 0 Å². The number of benzene rings is 1. The van der Waals surface area contributed by atoms with Crippen molar-refractivity contribution in [2.75, 3.05) is 0 Å². The molecule has 2 aromatic heterocycles. The zero-order chi connectivity index (χ0) is 14.4. The topological polar surface area (TPSA) is 17.3 Å². The fourth-order valence-electron chi connectivity index (χ4n) is 3.24. The van der Waals surface area contributed by atoms with Gasteiger partial charge in [0.25, 0.3) is 0 Å². The highest BCUT2D eigenvalue weighted by Gasteiger charge is 2.25. The van der Waals surface area contributed by atoms with E-state index in [0.717, 1.165) is 30.6 Å². The van der Waals surface area contributed by atoms with Crippen LogP contribution in [0.25, 0.3) is 5.65 Å². The Kier molecular flexibility index (Phi) is 3.16. The van der Waals surface area contributed by atoms with Crippen LogP contribution in [0.15, 0.2) is 42.6 Å². The van der Waals surface area contributed by atoms with E-state index in [-0.39, 0.29) is 0 Å². The Hall–Kier alpha value is -1.51. The standard InChI is InChI=1S/C17H14Cl2N2/c18-13-9-14(19)17-20-15-7-6-12(8-16(15)21(17)10-13)11-4-2-1-3-5-11/h1-5,9-10,12H,6-8H2. The van der Waals surface area contributed by atoms with E-state index in [9.17, 15) is 0 Å². The fraction of sp³-hybridized carbons (Fsp3) is 0.235. The molecule has 2 nitrogen and oxygen atoms in total. The van der Waals surface area contributed by atoms with Crippen LogP contribution in [0.5, 0.6) is 0 Å². The third kappa shape index (κ3) is 2.23. The van der Waals surface area contributed by atoms with Crippen LogP contribution in [-0.2, 0) is 12.8 Å². The number of hydrogen-bond acceptors (Lipinski definition) is 1. The highest BCUT2D eigenvalue weighted by atomic mass is 35.5. The number of pyridine rings is 1. The summed E-state index contributed by atoms with van der Waals surface area (Å²) in [6.07, 6.45) is 5.02. The molecule has 0 amide bonds. The van der Waals surface area contributed by atoms with E-state index in [2.05, 4.69) is 34.7 Å². The number of aromatic nitrogens is 2. The van der Waals surface area contributed by atoms with Crippen molar-refractivity contribution < 1.29 is 0 Å². The minimum absolute atomic E-state index is 0.538. The first kappa shape index (κ1) is 13.2. The average molecular weight is 317 g/mol. The molecule has 106 valence electrons. The molecular weight excluding hydrogens is 303 g/mol. The summed E-state index contributed by atoms with van der Waals surface area (Å²) in [6, 6.07) is 12.4. The highest BCUT2D eigenvalue weighted by Crippen LogP contribution is 2.34. The fourth-order valence-corrected chi connectivity index (χ4v) is 3.75. The van der Waals surface area contributed by atoms with Crippen LogP contribution in [-0.4, -0.2) is 9.38 Å². The lowest BCUT2D eigenvalue weighted by molar-refractivity contribution is 0.568. The molecule has 3 aromatic rings. The number of halogens is 2. The van der Waals surface area contributed by atoms with Gasteiger partial charge in [-0.15, -0.1) is 0 Å². The van der Waals surface area contributed by atoms with Crippen LogP contribution in [0.2, 0.25) is 10.0 Å². The predicted octanol–water partition coefficient (Wildman–Crippen LogP) is 4.91. The molecule has 1 aliphatic rings. The van der Waals surface area contributed by atoms with Crippen LogP contribution in [0.3, 0.4) is 0 Å². The molecule has 21 heavy (non-hydrogen) atoms. The van der Waals surface area contributed by atoms with Gasteiger partial charge in [0.15, 0.2) is 5.65 Å². The largest absolute Gasteiger partial charge is 0.301 e. The summed E-state index contributed by atoms with van der Waals surface area (Å²) in [4.78, 5) is 4.69. The minimum Gasteiger partial charge on any atom is -0.301 e. The number of imidazole rings is 1. The molecular formula is C17H14Cl2N2. The summed E-state index contributed by atoms with van der Waals surface area (Å²) < 4.78 is 2.06. The Morgan fingerprint density at radius 2 is 1.95 bits per heavy atom. The zero-order valence-corrected chi connectivity index (χ0v) is 12.9. The lowest BCUT2D eigenvalue weighted by Crippen LogP contribution is -2.13. The number of hydrogen-bond donors (Lipinski definition) is 0. The Balaban J connectivity index is 1.81. The van der Waals surface area contributed by atoms with Crippen molar-refractivity contribution in [2.24, 2.45) is 0 Å². The molecule has 1 aromatic carbocycles. The average Bonchev–Trinajstić information content (AvgIpc) is 2.86. The van der Waals surface area contributed by atoms with Gasteiger partial charge in [-0.25, -0.2) is 4.98 Å². The molecule has 4 heteroatoms. The SMILES string of the molecule is Clc1cc(Cl)c2nc3c(n2c1)CC(c1ccccc1)CC3. The van der Waals surface area contributed by atoms with Gasteiger partial charge in [-0.1, -0.05) is 53.5 Å². The molecule has 1 aliphatic carbocycles. The van der Waals surface area contributed by atoms with Crippen LogP contribution >= 0.6 is 23.2 Å². The van der Waals surface area contributed by atoms with Crippen LogP contribution in [0.4, 0.5) is 0 Å². The van der Waals surface area contributed by atoms with Crippen LogP contribution in [0.1, 0.15) is 29.3 Å². The van der Waals surface area contributed by atoms with Crippen molar-refractivity contribution in [3.8, 4) is 0 Å². The molecule has 0 saturated carbocycles. The van der Waals surface area contributed by atoms with Gasteiger partial charge in [0.1, 0.15) is 0 Å². The molecule has 4 rings (SSSR count). The van der Waals surface area contributed by atoms with Crippen molar-refractivity contribution in [3.63, 3.8) is 0 Å². The summed E-state index contributed by atoms with van der Waals surface area (Å²) in [7, 11) is 0. The Morgan fingerprint density at radius 3 is 2.76 bits per heavy atom. The van der Waals surface area contributed by atoms with Gasteiger partial charge >= 0.3 is 0 Å². The van der Waals surface area contributed by atoms with Crippen molar-refractivity contribution in [3.05, 3.63) is 69.6 Å². The van der Waals surface area contributed by atoms with E-state index in [1.54, 1.807) is 6.07 Å². The van der Waals surface area contributed by atoms with Gasteiger partial charge in [-0.3, -0.25) is 0 Å². The maximum atomic E-state index is 6.27. The first-order chi connectivity index (χ1) is 10.2. The summed E-state index contributed by atoms with van der Waals surface area (Å²) in [5.41, 5.74) is 4.62. The van der Waals surface area contributed by atoms with Gasteiger partial charge in [-0.05, 0) is 36.8 Å². The molecule has 0 fully saturated rings. The number of nitrogens with zero attached hydrogens (tertiary/aromatic N) is 2. The van der Waals surface area contributed by atoms with E-state index in [1.807, 2.05) is 6.20 Å². The molecule has 0 saturated heterocycles. The lowest BCUT2D eigenvalue weighted by Gasteiger charge is -2.22. The molecule has 0 aliphatic heterocycles. The van der Waals surface area contributed by atoms with Crippen molar-refractivity contribution >= 4 is 28.8 Å². The quantitative estimate of drug-likeness (QED) is 0.623. The maximum absolute atomic E-state index is 6.27. The molecule has 2 heterocycles. The lowest BCUT2D eigenvalue weighted by atomic mass is 9.84. The smallest absolute Gasteiger partial charge is 0.156 e. The summed E-state index contributed by atoms with van der Waals surface area (Å²) in [5, 5.41) is 1.27. The Morgan fingerprint density at radius 1 is 1.14 bits per heavy atom. The van der Waals surface area contributed by atoms with Gasteiger partial charge in [0, 0.05) is 11.9 Å². The van der Waals surface area contributed by atoms with Gasteiger partial charge < -0.3 is 4.40 Å². The first-order valence-electron chi connectivity index (χ1n) is 7.12. The van der Waals surface area contributed by atoms with Crippen molar-refractivity contribution in [2.45, 2.75) is 25.2 Å². The highest BCUT2D eigenvalue weighted by molar-refractivity contribution is 6.36. The molecule has 0 radical (unpaired) electrons. The van der Waals surface area contributed by atoms with Gasteiger partial charge in [-0.2, -0.15) is 0 Å². The molecule has 0 N–H and O–H groups in total. The predicted molar refractivity (Wildman–Crippen MR) is 86.4 cm³/mol. The maximum Gasteiger partial charge on any atom is 0.156 e. The number of aryl methyl sites for hydroxylation is 1. The summed E-state index contributed by atoms with van der Waals surface area (Å²) >= 11 is 12.4. The molecule has 1 atom stereocenters. The Labute approximate surface area is 133 Å². The molecule has 0 bridgehead atoms. The molecule has 0 spiro atoms. The van der Waals surface area contributed by atoms with E-state index in [4.69, 9.17) is 28.2 Å². The summed E-state index contributed by atoms with van der Waals surface area (Å²) in [5.74, 6) is 0.538. The van der Waals surface area contributed by atoms with Crippen molar-refractivity contribution in [1.82, 2.24) is 9.38 Å². The second-order valence-corrected chi connectivity index (χ2v) is 6.40. The Bertz CT molecular complexity index is 809. The van der Waals surface area contributed by atoms with Gasteiger partial charge in [0.2, 0.25) is 0 Å². The normalized spacial score (nSPS) is 17.9. The van der Waals surface area contributed by atoms with E-state index >= 15 is 0 Å². The third-order valence-corrected chi connectivity index (χ3v) is 4.75. The monoisotopic (exact) mass is 316 g/mol. The summed E-state index contributed by atoms with van der Waals surface area (Å²) in [6.45, 7) is 0. The number of rotatable bonds is 1. The van der Waals surface area contributed by atoms with E-state index in [1.165, 1.54) is 11.3 Å². The zero-order valence-electron chi connectivity index (χ0n) is 11.4. The van der Waals surface area contributed by atoms with Crippen molar-refractivity contribution in [1.29, 1.82) is 0 Å². The van der Waals surface area contributed by atoms with Gasteiger partial charge in [0.05, 0.1) is 15.7 Å². The number of fused-ring (bicyclic) bond motifs is 3. The minimum atomic E-state index is 0.538.